The Morgan fingerprint density at radius 1 is 1.47 bits per heavy atom. The average molecular weight is 230 g/mol. The van der Waals surface area contributed by atoms with E-state index in [1.807, 2.05) is 13.8 Å². The van der Waals surface area contributed by atoms with Crippen LogP contribution in [0.5, 0.6) is 0 Å². The van der Waals surface area contributed by atoms with Gasteiger partial charge in [-0.1, -0.05) is 25.4 Å². The Kier molecular flexibility index (Phi) is 4.78. The van der Waals surface area contributed by atoms with Crippen LogP contribution in [0.2, 0.25) is 5.15 Å². The fraction of sp³-hybridized carbons (Fsp3) is 0.600. The van der Waals surface area contributed by atoms with Crippen molar-refractivity contribution in [1.29, 1.82) is 0 Å². The van der Waals surface area contributed by atoms with Crippen molar-refractivity contribution in [2.45, 2.75) is 32.8 Å². The molecule has 1 aromatic heterocycles. The Morgan fingerprint density at radius 2 is 2.20 bits per heavy atom. The van der Waals surface area contributed by atoms with E-state index in [0.717, 1.165) is 12.0 Å². The first kappa shape index (κ1) is 12.2. The monoisotopic (exact) mass is 229 g/mol. The molecule has 1 heterocycles. The standard InChI is InChI=1S/C10H16ClN3O/c1-3-7(15)5-12-10-8(4-2)9(11)13-6-14-10/h6-7,15H,3-5H2,1-2H3,(H,12,13,14). The molecule has 0 aliphatic rings. The summed E-state index contributed by atoms with van der Waals surface area (Å²) in [5.41, 5.74) is 0.891. The average Bonchev–Trinajstić information content (AvgIpc) is 2.25. The van der Waals surface area contributed by atoms with Gasteiger partial charge in [0, 0.05) is 12.1 Å². The summed E-state index contributed by atoms with van der Waals surface area (Å²) in [4.78, 5) is 8.01. The van der Waals surface area contributed by atoms with Crippen molar-refractivity contribution in [2.24, 2.45) is 0 Å². The van der Waals surface area contributed by atoms with Gasteiger partial charge in [-0.3, -0.25) is 0 Å². The lowest BCUT2D eigenvalue weighted by Crippen LogP contribution is -2.19. The van der Waals surface area contributed by atoms with Gasteiger partial charge >= 0.3 is 0 Å². The van der Waals surface area contributed by atoms with E-state index in [1.54, 1.807) is 0 Å². The normalized spacial score (nSPS) is 12.5. The number of hydrogen-bond donors (Lipinski definition) is 2. The van der Waals surface area contributed by atoms with E-state index in [2.05, 4.69) is 15.3 Å². The summed E-state index contributed by atoms with van der Waals surface area (Å²) in [6, 6.07) is 0. The summed E-state index contributed by atoms with van der Waals surface area (Å²) in [6.45, 7) is 4.41. The molecule has 0 fully saturated rings. The number of nitrogens with one attached hydrogen (secondary N) is 1. The van der Waals surface area contributed by atoms with Crippen LogP contribution in [0.25, 0.3) is 0 Å². The van der Waals surface area contributed by atoms with E-state index in [0.29, 0.717) is 23.9 Å². The lowest BCUT2D eigenvalue weighted by molar-refractivity contribution is 0.183. The summed E-state index contributed by atoms with van der Waals surface area (Å²) in [6.07, 6.45) is 2.54. The minimum Gasteiger partial charge on any atom is -0.391 e. The topological polar surface area (TPSA) is 58.0 Å². The molecule has 15 heavy (non-hydrogen) atoms. The van der Waals surface area contributed by atoms with Gasteiger partial charge in [0.05, 0.1) is 6.10 Å². The Hall–Kier alpha value is -0.870. The van der Waals surface area contributed by atoms with Gasteiger partial charge in [0.25, 0.3) is 0 Å². The molecule has 0 amide bonds. The predicted molar refractivity (Wildman–Crippen MR) is 61.2 cm³/mol. The van der Waals surface area contributed by atoms with Gasteiger partial charge < -0.3 is 10.4 Å². The van der Waals surface area contributed by atoms with Crippen molar-refractivity contribution in [3.63, 3.8) is 0 Å². The van der Waals surface area contributed by atoms with Gasteiger partial charge in [0.2, 0.25) is 0 Å². The minimum atomic E-state index is -0.358. The smallest absolute Gasteiger partial charge is 0.137 e. The maximum absolute atomic E-state index is 9.41. The first-order chi connectivity index (χ1) is 7.19. The second kappa shape index (κ2) is 5.88. The fourth-order valence-corrected chi connectivity index (χ4v) is 1.48. The van der Waals surface area contributed by atoms with E-state index < -0.39 is 0 Å². The van der Waals surface area contributed by atoms with Crippen molar-refractivity contribution in [2.75, 3.05) is 11.9 Å². The molecule has 1 unspecified atom stereocenters. The number of aliphatic hydroxyl groups excluding tert-OH is 1. The molecular formula is C10H16ClN3O. The van der Waals surface area contributed by atoms with Gasteiger partial charge in [0.1, 0.15) is 17.3 Å². The zero-order valence-electron chi connectivity index (χ0n) is 9.00. The first-order valence-electron chi connectivity index (χ1n) is 5.10. The number of halogens is 1. The zero-order chi connectivity index (χ0) is 11.3. The largest absolute Gasteiger partial charge is 0.391 e. The predicted octanol–water partition coefficient (Wildman–Crippen LogP) is 1.88. The summed E-state index contributed by atoms with van der Waals surface area (Å²) in [7, 11) is 0. The number of hydrogen-bond acceptors (Lipinski definition) is 4. The Labute approximate surface area is 94.7 Å². The zero-order valence-corrected chi connectivity index (χ0v) is 9.75. The van der Waals surface area contributed by atoms with Gasteiger partial charge in [-0.15, -0.1) is 0 Å². The number of aliphatic hydroxyl groups is 1. The lowest BCUT2D eigenvalue weighted by atomic mass is 10.2. The number of aromatic nitrogens is 2. The van der Waals surface area contributed by atoms with E-state index in [-0.39, 0.29) is 6.10 Å². The first-order valence-corrected chi connectivity index (χ1v) is 5.48. The quantitative estimate of drug-likeness (QED) is 0.757. The fourth-order valence-electron chi connectivity index (χ4n) is 1.22. The highest BCUT2D eigenvalue weighted by Gasteiger charge is 2.08. The SMILES string of the molecule is CCc1c(Cl)ncnc1NCC(O)CC. The summed E-state index contributed by atoms with van der Waals surface area (Å²) in [5, 5.41) is 13.0. The van der Waals surface area contributed by atoms with Crippen molar-refractivity contribution in [3.8, 4) is 0 Å². The van der Waals surface area contributed by atoms with Crippen LogP contribution in [0.4, 0.5) is 5.82 Å². The molecule has 0 aromatic carbocycles. The van der Waals surface area contributed by atoms with Crippen molar-refractivity contribution in [1.82, 2.24) is 9.97 Å². The third kappa shape index (κ3) is 3.32. The van der Waals surface area contributed by atoms with Crippen LogP contribution >= 0.6 is 11.6 Å². The molecule has 0 aliphatic carbocycles. The van der Waals surface area contributed by atoms with Gasteiger partial charge in [-0.25, -0.2) is 9.97 Å². The third-order valence-corrected chi connectivity index (χ3v) is 2.55. The minimum absolute atomic E-state index is 0.358. The molecule has 0 saturated heterocycles. The second-order valence-corrected chi connectivity index (χ2v) is 3.65. The summed E-state index contributed by atoms with van der Waals surface area (Å²) < 4.78 is 0. The van der Waals surface area contributed by atoms with E-state index in [9.17, 15) is 5.11 Å². The third-order valence-electron chi connectivity index (χ3n) is 2.22. The second-order valence-electron chi connectivity index (χ2n) is 3.29. The maximum atomic E-state index is 9.41. The maximum Gasteiger partial charge on any atom is 0.137 e. The molecule has 5 heteroatoms. The molecule has 2 N–H and O–H groups in total. The lowest BCUT2D eigenvalue weighted by Gasteiger charge is -2.12. The van der Waals surface area contributed by atoms with Crippen molar-refractivity contribution < 1.29 is 5.11 Å². The van der Waals surface area contributed by atoms with E-state index in [1.165, 1.54) is 6.33 Å². The molecule has 4 nitrogen and oxygen atoms in total. The Morgan fingerprint density at radius 3 is 2.80 bits per heavy atom. The van der Waals surface area contributed by atoms with Crippen LogP contribution in [0.15, 0.2) is 6.33 Å². The molecule has 1 aromatic rings. The van der Waals surface area contributed by atoms with Crippen molar-refractivity contribution in [3.05, 3.63) is 17.0 Å². The molecule has 1 rings (SSSR count). The Balaban J connectivity index is 2.72. The van der Waals surface area contributed by atoms with Crippen LogP contribution in [0.1, 0.15) is 25.8 Å². The van der Waals surface area contributed by atoms with Crippen LogP contribution in [0.3, 0.4) is 0 Å². The van der Waals surface area contributed by atoms with Crippen LogP contribution in [-0.2, 0) is 6.42 Å². The molecule has 0 saturated carbocycles. The molecule has 0 bridgehead atoms. The highest BCUT2D eigenvalue weighted by Crippen LogP contribution is 2.19. The van der Waals surface area contributed by atoms with Crippen LogP contribution < -0.4 is 5.32 Å². The number of nitrogens with zero attached hydrogens (tertiary/aromatic N) is 2. The molecule has 0 radical (unpaired) electrons. The van der Waals surface area contributed by atoms with E-state index in [4.69, 9.17) is 11.6 Å². The van der Waals surface area contributed by atoms with Crippen molar-refractivity contribution >= 4 is 17.4 Å². The molecule has 1 atom stereocenters. The number of anilines is 1. The van der Waals surface area contributed by atoms with Gasteiger partial charge in [-0.05, 0) is 12.8 Å². The number of rotatable bonds is 5. The molecule has 0 aliphatic heterocycles. The Bertz CT molecular complexity index is 320. The van der Waals surface area contributed by atoms with Crippen LogP contribution in [0, 0.1) is 0 Å². The van der Waals surface area contributed by atoms with Crippen LogP contribution in [-0.4, -0.2) is 27.7 Å². The summed E-state index contributed by atoms with van der Waals surface area (Å²) >= 11 is 5.93. The highest BCUT2D eigenvalue weighted by atomic mass is 35.5. The van der Waals surface area contributed by atoms with Gasteiger partial charge in [0.15, 0.2) is 0 Å². The molecular weight excluding hydrogens is 214 g/mol. The van der Waals surface area contributed by atoms with Gasteiger partial charge in [-0.2, -0.15) is 0 Å². The highest BCUT2D eigenvalue weighted by molar-refractivity contribution is 6.30. The molecule has 0 spiro atoms. The van der Waals surface area contributed by atoms with E-state index >= 15 is 0 Å². The molecule has 84 valence electrons. The summed E-state index contributed by atoms with van der Waals surface area (Å²) in [5.74, 6) is 0.713.